The third-order valence-electron chi connectivity index (χ3n) is 19.1. The Morgan fingerprint density at radius 1 is 0.671 bits per heavy atom. The molecule has 0 aromatic rings. The largest absolute Gasteiger partial charge is 0.494 e. The van der Waals surface area contributed by atoms with Crippen LogP contribution in [0, 0.1) is 40.4 Å². The van der Waals surface area contributed by atoms with Crippen molar-refractivity contribution in [2.45, 2.75) is 241 Å². The van der Waals surface area contributed by atoms with Crippen LogP contribution in [0.3, 0.4) is 0 Å². The minimum atomic E-state index is -1.84. The van der Waals surface area contributed by atoms with E-state index in [0.29, 0.717) is 49.5 Å². The molecule has 418 valence electrons. The van der Waals surface area contributed by atoms with Crippen molar-refractivity contribution in [3.05, 3.63) is 23.0 Å². The van der Waals surface area contributed by atoms with Crippen LogP contribution in [0.5, 0.6) is 0 Å². The van der Waals surface area contributed by atoms with Gasteiger partial charge in [0.2, 0.25) is 0 Å². The second kappa shape index (κ2) is 22.3. The summed E-state index contributed by atoms with van der Waals surface area (Å²) in [5.41, 5.74) is 2.61. The Hall–Kier alpha value is -1.52. The molecule has 12 N–H and O–H groups in total. The highest BCUT2D eigenvalue weighted by atomic mass is 16.8. The van der Waals surface area contributed by atoms with Gasteiger partial charge in [0.1, 0.15) is 91.6 Å². The van der Waals surface area contributed by atoms with Crippen molar-refractivity contribution in [3.8, 4) is 0 Å². The van der Waals surface area contributed by atoms with Crippen molar-refractivity contribution >= 4 is 0 Å². The number of rotatable bonds is 15. The Morgan fingerprint density at radius 2 is 1.29 bits per heavy atom. The number of ether oxygens (including phenoxy) is 9. The lowest BCUT2D eigenvalue weighted by Gasteiger charge is -2.58. The maximum Gasteiger partial charge on any atom is 0.187 e. The average Bonchev–Trinajstić information content (AvgIpc) is 3.86. The van der Waals surface area contributed by atoms with E-state index in [2.05, 4.69) is 33.8 Å². The third kappa shape index (κ3) is 10.3. The maximum absolute atomic E-state index is 12.1. The molecule has 0 amide bonds. The van der Waals surface area contributed by atoms with Crippen molar-refractivity contribution in [1.82, 2.24) is 0 Å². The number of hydrogen-bond donors (Lipinski definition) is 12. The van der Waals surface area contributed by atoms with Gasteiger partial charge in [-0.15, -0.1) is 0 Å². The van der Waals surface area contributed by atoms with Crippen molar-refractivity contribution in [2.24, 2.45) is 40.4 Å². The molecule has 3 saturated carbocycles. The fourth-order valence-electron chi connectivity index (χ4n) is 14.7. The highest BCUT2D eigenvalue weighted by molar-refractivity contribution is 5.30. The van der Waals surface area contributed by atoms with Crippen molar-refractivity contribution in [3.63, 3.8) is 0 Å². The summed E-state index contributed by atoms with van der Waals surface area (Å²) in [7, 11) is 0. The zero-order valence-electron chi connectivity index (χ0n) is 42.9. The van der Waals surface area contributed by atoms with Crippen LogP contribution >= 0.6 is 0 Å². The van der Waals surface area contributed by atoms with Gasteiger partial charge in [0.05, 0.1) is 43.9 Å². The molecule has 5 aliphatic heterocycles. The number of aliphatic hydroxyl groups excluding tert-OH is 12. The van der Waals surface area contributed by atoms with Gasteiger partial charge in [-0.3, -0.25) is 0 Å². The first kappa shape index (κ1) is 56.2. The second-order valence-corrected chi connectivity index (χ2v) is 23.5. The highest BCUT2D eigenvalue weighted by Crippen LogP contribution is 2.69. The molecule has 0 bridgehead atoms. The van der Waals surface area contributed by atoms with Gasteiger partial charge in [0.15, 0.2) is 25.2 Å². The molecule has 9 aliphatic rings. The fourth-order valence-corrected chi connectivity index (χ4v) is 14.7. The monoisotopic (exact) mass is 1040 g/mol. The van der Waals surface area contributed by atoms with Crippen LogP contribution in [0.2, 0.25) is 0 Å². The predicted octanol–water partition coefficient (Wildman–Crippen LogP) is -0.640. The number of aliphatic hydroxyl groups is 12. The van der Waals surface area contributed by atoms with E-state index in [1.807, 2.05) is 6.92 Å². The molecule has 29 atom stereocenters. The molecule has 21 heteroatoms. The topological polar surface area (TPSA) is 326 Å². The molecular formula is C52H84O21. The molecule has 0 radical (unpaired) electrons. The summed E-state index contributed by atoms with van der Waals surface area (Å²) < 4.78 is 55.0. The van der Waals surface area contributed by atoms with Gasteiger partial charge < -0.3 is 104 Å². The molecule has 21 nitrogen and oxygen atoms in total. The Labute approximate surface area is 426 Å². The van der Waals surface area contributed by atoms with Gasteiger partial charge in [-0.1, -0.05) is 39.3 Å². The first-order chi connectivity index (χ1) is 34.6. The molecule has 5 heterocycles. The van der Waals surface area contributed by atoms with Gasteiger partial charge in [0, 0.05) is 12.3 Å². The number of fused-ring (bicyclic) bond motifs is 7. The van der Waals surface area contributed by atoms with Gasteiger partial charge in [-0.05, 0) is 112 Å². The lowest BCUT2D eigenvalue weighted by molar-refractivity contribution is -0.389. The Kier molecular flexibility index (Phi) is 17.2. The van der Waals surface area contributed by atoms with E-state index < -0.39 is 142 Å². The minimum Gasteiger partial charge on any atom is -0.494 e. The minimum absolute atomic E-state index is 0.0768. The third-order valence-corrected chi connectivity index (χ3v) is 19.1. The molecule has 7 fully saturated rings. The van der Waals surface area contributed by atoms with Crippen LogP contribution in [0.15, 0.2) is 23.0 Å². The maximum atomic E-state index is 12.1. The summed E-state index contributed by atoms with van der Waals surface area (Å²) >= 11 is 0. The molecule has 0 aromatic heterocycles. The van der Waals surface area contributed by atoms with Crippen molar-refractivity contribution in [1.29, 1.82) is 0 Å². The molecule has 29 unspecified atom stereocenters. The van der Waals surface area contributed by atoms with E-state index in [0.717, 1.165) is 50.7 Å². The molecule has 9 rings (SSSR count). The quantitative estimate of drug-likeness (QED) is 0.0908. The van der Waals surface area contributed by atoms with Gasteiger partial charge in [-0.2, -0.15) is 0 Å². The highest BCUT2D eigenvalue weighted by Gasteiger charge is 2.64. The molecule has 0 spiro atoms. The molecule has 0 aromatic carbocycles. The van der Waals surface area contributed by atoms with E-state index in [1.54, 1.807) is 0 Å². The zero-order valence-corrected chi connectivity index (χ0v) is 42.9. The first-order valence-electron chi connectivity index (χ1n) is 26.9. The number of allylic oxidation sites excluding steroid dienone is 2. The van der Waals surface area contributed by atoms with Crippen LogP contribution in [-0.2, 0) is 42.6 Å². The van der Waals surface area contributed by atoms with Gasteiger partial charge in [0.25, 0.3) is 0 Å². The van der Waals surface area contributed by atoms with E-state index in [9.17, 15) is 61.3 Å². The number of hydrogen-bond acceptors (Lipinski definition) is 21. The van der Waals surface area contributed by atoms with Crippen molar-refractivity contribution < 1.29 is 104 Å². The normalized spacial score (nSPS) is 52.4. The summed E-state index contributed by atoms with van der Waals surface area (Å²) in [6, 6.07) is 0. The van der Waals surface area contributed by atoms with E-state index in [-0.39, 0.29) is 22.9 Å². The van der Waals surface area contributed by atoms with Crippen LogP contribution in [0.4, 0.5) is 0 Å². The Morgan fingerprint density at radius 3 is 1.97 bits per heavy atom. The van der Waals surface area contributed by atoms with Gasteiger partial charge in [-0.25, -0.2) is 0 Å². The van der Waals surface area contributed by atoms with E-state index >= 15 is 0 Å². The molecule has 4 aliphatic carbocycles. The van der Waals surface area contributed by atoms with Crippen LogP contribution in [-0.4, -0.2) is 216 Å². The molecular weight excluding hydrogens is 961 g/mol. The Bertz CT molecular complexity index is 1940. The average molecular weight is 1050 g/mol. The van der Waals surface area contributed by atoms with Crippen molar-refractivity contribution in [2.75, 3.05) is 19.8 Å². The molecule has 73 heavy (non-hydrogen) atoms. The standard InChI is InChI=1S/C52H84O21/c1-7-29-36(56)39(59)41(61)47(69-29)65-20-21(2)8-11-30-22(3)34-31(68-30)17-28-26-10-9-24-16-25(12-14-51(24,5)27(26)13-15-52(28,34)6)67-50-46(73-48-42(62)38(58)35(55)23(4)66-48)44(64)45(33(19-54)71-50)72-49-43(63)40(60)37(57)32(18-53)70-49/h9,21,23,25-29,31-50,53-64H,7-8,10-20H2,1-6H3. The first-order valence-corrected chi connectivity index (χ1v) is 26.9. The summed E-state index contributed by atoms with van der Waals surface area (Å²) in [6.07, 6.45) is -18.6. The summed E-state index contributed by atoms with van der Waals surface area (Å²) in [4.78, 5) is 0. The van der Waals surface area contributed by atoms with Gasteiger partial charge >= 0.3 is 0 Å². The SMILES string of the molecule is CCC1OC(OCC(C)CCC2=C(C)C3C(CC4C5CC=C6CC(OC7OC(CO)C(OC8OC(CO)C(O)C(O)C8O)C(O)C7OC7OC(C)C(O)C(O)C7O)CCC6(C)C5CCC43C)O2)C(O)C(O)C1O. The summed E-state index contributed by atoms with van der Waals surface area (Å²) in [5, 5.41) is 127. The lowest BCUT2D eigenvalue weighted by Crippen LogP contribution is -2.67. The Balaban J connectivity index is 0.852. The van der Waals surface area contributed by atoms with Crippen LogP contribution < -0.4 is 0 Å². The predicted molar refractivity (Wildman–Crippen MR) is 252 cm³/mol. The van der Waals surface area contributed by atoms with Crippen LogP contribution in [0.1, 0.15) is 106 Å². The molecule has 4 saturated heterocycles. The van der Waals surface area contributed by atoms with E-state index in [1.165, 1.54) is 18.1 Å². The summed E-state index contributed by atoms with van der Waals surface area (Å²) in [5.74, 6) is 2.90. The zero-order chi connectivity index (χ0) is 52.6. The van der Waals surface area contributed by atoms with Crippen LogP contribution in [0.25, 0.3) is 0 Å². The van der Waals surface area contributed by atoms with E-state index in [4.69, 9.17) is 42.6 Å². The lowest BCUT2D eigenvalue weighted by atomic mass is 9.47. The fraction of sp³-hybridized carbons (Fsp3) is 0.923. The smallest absolute Gasteiger partial charge is 0.187 e. The second-order valence-electron chi connectivity index (χ2n) is 23.5. The summed E-state index contributed by atoms with van der Waals surface area (Å²) in [6.45, 7) is 11.4.